The van der Waals surface area contributed by atoms with Crippen LogP contribution in [0.4, 0.5) is 8.78 Å². The van der Waals surface area contributed by atoms with Crippen molar-refractivity contribution >= 4 is 0 Å². The average molecular weight is 156 g/mol. The van der Waals surface area contributed by atoms with E-state index < -0.39 is 11.6 Å². The summed E-state index contributed by atoms with van der Waals surface area (Å²) in [5.74, 6) is -1.28. The molecule has 11 heavy (non-hydrogen) atoms. The largest absolute Gasteiger partial charge is 0.508 e. The van der Waals surface area contributed by atoms with Gasteiger partial charge in [-0.05, 0) is 12.1 Å². The maximum atomic E-state index is 12.6. The van der Waals surface area contributed by atoms with Gasteiger partial charge in [-0.25, -0.2) is 8.78 Å². The lowest BCUT2D eigenvalue weighted by molar-refractivity contribution is -0.499. The third-order valence-electron chi connectivity index (χ3n) is 1.28. The lowest BCUT2D eigenvalue weighted by Gasteiger charge is -1.95. The van der Waals surface area contributed by atoms with Crippen molar-refractivity contribution in [2.24, 2.45) is 0 Å². The first-order valence-corrected chi connectivity index (χ1v) is 3.05. The number of halogens is 2. The van der Waals surface area contributed by atoms with Crippen molar-refractivity contribution in [1.29, 1.82) is 0 Å². The van der Waals surface area contributed by atoms with Gasteiger partial charge in [0.1, 0.15) is 11.6 Å². The van der Waals surface area contributed by atoms with Gasteiger partial charge >= 0.3 is 0 Å². The van der Waals surface area contributed by atoms with Gasteiger partial charge in [0.2, 0.25) is 0 Å². The molecule has 1 aromatic rings. The van der Waals surface area contributed by atoms with E-state index >= 15 is 0 Å². The van der Waals surface area contributed by atoms with Gasteiger partial charge in [0.15, 0.2) is 6.54 Å². The fourth-order valence-corrected chi connectivity index (χ4v) is 0.750. The molecular formula is C7H6F2N2. The molecule has 0 atom stereocenters. The second-order valence-electron chi connectivity index (χ2n) is 2.07. The van der Waals surface area contributed by atoms with Crippen molar-refractivity contribution in [1.82, 2.24) is 0 Å². The Kier molecular flexibility index (Phi) is 2.25. The SMILES string of the molecule is [N-]=[NH+]Cc1ccc(F)cc1F. The van der Waals surface area contributed by atoms with Crippen molar-refractivity contribution in [3.63, 3.8) is 0 Å². The Morgan fingerprint density at radius 1 is 1.36 bits per heavy atom. The topological polar surface area (TPSA) is 36.3 Å². The Hall–Kier alpha value is -1.32. The van der Waals surface area contributed by atoms with Crippen LogP contribution in [0.15, 0.2) is 18.2 Å². The molecule has 0 unspecified atom stereocenters. The smallest absolute Gasteiger partial charge is 0.158 e. The molecule has 0 aliphatic carbocycles. The van der Waals surface area contributed by atoms with Crippen LogP contribution in [0.5, 0.6) is 0 Å². The van der Waals surface area contributed by atoms with Gasteiger partial charge in [-0.3, -0.25) is 0 Å². The molecular weight excluding hydrogens is 150 g/mol. The number of nitrogens with zero attached hydrogens (tertiary/aromatic N) is 1. The molecule has 0 radical (unpaired) electrons. The van der Waals surface area contributed by atoms with Gasteiger partial charge in [0.05, 0.1) is 5.56 Å². The molecule has 1 N–H and O–H groups in total. The Morgan fingerprint density at radius 3 is 2.64 bits per heavy atom. The highest BCUT2D eigenvalue weighted by Gasteiger charge is 2.02. The Bertz CT molecular complexity index is 273. The minimum absolute atomic E-state index is 0.0217. The molecule has 1 rings (SSSR count). The number of hydrogen-bond acceptors (Lipinski definition) is 0. The Balaban J connectivity index is 2.98. The predicted octanol–water partition coefficient (Wildman–Crippen LogP) is 0.567. The van der Waals surface area contributed by atoms with Crippen LogP contribution in [0.3, 0.4) is 0 Å². The third kappa shape index (κ3) is 1.80. The standard InChI is InChI=1S/C7H6F2N2/c8-6-2-1-5(4-11-10)7(9)3-6/h1-3,11H,4H2. The maximum absolute atomic E-state index is 12.6. The van der Waals surface area contributed by atoms with Crippen LogP contribution >= 0.6 is 0 Å². The highest BCUT2D eigenvalue weighted by atomic mass is 19.1. The highest BCUT2D eigenvalue weighted by Crippen LogP contribution is 2.07. The minimum atomic E-state index is -0.661. The molecule has 0 amide bonds. The number of nitrogens with one attached hydrogen (secondary N) is 1. The van der Waals surface area contributed by atoms with Crippen LogP contribution in [0.25, 0.3) is 5.53 Å². The van der Waals surface area contributed by atoms with Crippen molar-refractivity contribution in [3.8, 4) is 0 Å². The summed E-state index contributed by atoms with van der Waals surface area (Å²) in [4.78, 5) is 0. The van der Waals surface area contributed by atoms with E-state index in [9.17, 15) is 8.78 Å². The van der Waals surface area contributed by atoms with Crippen molar-refractivity contribution in [2.75, 3.05) is 0 Å². The lowest BCUT2D eigenvalue weighted by Crippen LogP contribution is -2.60. The second kappa shape index (κ2) is 3.18. The first-order valence-electron chi connectivity index (χ1n) is 3.05. The average Bonchev–Trinajstić information content (AvgIpc) is 1.95. The van der Waals surface area contributed by atoms with E-state index in [1.54, 1.807) is 5.11 Å². The zero-order valence-corrected chi connectivity index (χ0v) is 5.64. The molecule has 0 bridgehead atoms. The molecule has 0 heterocycles. The fourth-order valence-electron chi connectivity index (χ4n) is 0.750. The van der Waals surface area contributed by atoms with Gasteiger partial charge in [0.25, 0.3) is 0 Å². The number of hydrogen-bond donors (Lipinski definition) is 1. The first-order chi connectivity index (χ1) is 5.24. The van der Waals surface area contributed by atoms with Gasteiger partial charge in [-0.2, -0.15) is 0 Å². The van der Waals surface area contributed by atoms with E-state index in [4.69, 9.17) is 5.53 Å². The molecule has 58 valence electrons. The highest BCUT2D eigenvalue weighted by molar-refractivity contribution is 5.17. The van der Waals surface area contributed by atoms with Crippen LogP contribution in [-0.4, -0.2) is 0 Å². The quantitative estimate of drug-likeness (QED) is 0.608. The van der Waals surface area contributed by atoms with Crippen LogP contribution in [0, 0.1) is 11.6 Å². The van der Waals surface area contributed by atoms with E-state index in [1.165, 1.54) is 6.07 Å². The van der Waals surface area contributed by atoms with Gasteiger partial charge in [0, 0.05) is 6.07 Å². The molecule has 4 heteroatoms. The monoisotopic (exact) mass is 156 g/mol. The Morgan fingerprint density at radius 2 is 2.09 bits per heavy atom. The van der Waals surface area contributed by atoms with Gasteiger partial charge in [-0.1, -0.05) is 0 Å². The molecule has 0 saturated carbocycles. The van der Waals surface area contributed by atoms with Crippen molar-refractivity contribution < 1.29 is 13.9 Å². The number of benzene rings is 1. The zero-order valence-electron chi connectivity index (χ0n) is 5.64. The minimum Gasteiger partial charge on any atom is -0.508 e. The van der Waals surface area contributed by atoms with Gasteiger partial charge in [-0.15, -0.1) is 0 Å². The molecule has 0 aliphatic rings. The molecule has 0 saturated heterocycles. The summed E-state index contributed by atoms with van der Waals surface area (Å²) in [6, 6.07) is 3.18. The summed E-state index contributed by atoms with van der Waals surface area (Å²) >= 11 is 0. The van der Waals surface area contributed by atoms with E-state index in [-0.39, 0.29) is 12.1 Å². The zero-order chi connectivity index (χ0) is 8.27. The lowest BCUT2D eigenvalue weighted by atomic mass is 10.2. The summed E-state index contributed by atoms with van der Waals surface area (Å²) in [7, 11) is 0. The third-order valence-corrected chi connectivity index (χ3v) is 1.28. The van der Waals surface area contributed by atoms with E-state index in [0.29, 0.717) is 0 Å². The van der Waals surface area contributed by atoms with E-state index in [2.05, 4.69) is 0 Å². The predicted molar refractivity (Wildman–Crippen MR) is 34.4 cm³/mol. The Labute approximate surface area is 62.4 Å². The summed E-state index contributed by atoms with van der Waals surface area (Å²) in [5.41, 5.74) is 8.43. The summed E-state index contributed by atoms with van der Waals surface area (Å²) in [5, 5.41) is 1.78. The first kappa shape index (κ1) is 7.78. The normalized spacial score (nSPS) is 9.64. The second-order valence-corrected chi connectivity index (χ2v) is 2.07. The van der Waals surface area contributed by atoms with E-state index in [0.717, 1.165) is 12.1 Å². The van der Waals surface area contributed by atoms with Gasteiger partial charge < -0.3 is 10.6 Å². The molecule has 1 aromatic carbocycles. The van der Waals surface area contributed by atoms with Crippen molar-refractivity contribution in [2.45, 2.75) is 6.54 Å². The summed E-state index contributed by atoms with van der Waals surface area (Å²) < 4.78 is 24.9. The van der Waals surface area contributed by atoms with Crippen LogP contribution < -0.4 is 5.11 Å². The fraction of sp³-hybridized carbons (Fsp3) is 0.143. The summed E-state index contributed by atoms with van der Waals surface area (Å²) in [6.45, 7) is -0.0217. The molecule has 0 aromatic heterocycles. The molecule has 0 spiro atoms. The van der Waals surface area contributed by atoms with Crippen molar-refractivity contribution in [3.05, 3.63) is 40.9 Å². The molecule has 0 aliphatic heterocycles. The van der Waals surface area contributed by atoms with E-state index in [1.807, 2.05) is 0 Å². The van der Waals surface area contributed by atoms with Crippen LogP contribution in [-0.2, 0) is 6.54 Å². The van der Waals surface area contributed by atoms with Crippen LogP contribution in [0.2, 0.25) is 0 Å². The maximum Gasteiger partial charge on any atom is 0.158 e. The van der Waals surface area contributed by atoms with Crippen LogP contribution in [0.1, 0.15) is 5.56 Å². The summed E-state index contributed by atoms with van der Waals surface area (Å²) in [6.07, 6.45) is 0. The molecule has 0 fully saturated rings. The molecule has 2 nitrogen and oxygen atoms in total. The number of rotatable bonds is 2.